The Morgan fingerprint density at radius 2 is 2.19 bits per heavy atom. The Morgan fingerprint density at radius 1 is 1.38 bits per heavy atom. The van der Waals surface area contributed by atoms with E-state index >= 15 is 0 Å². The third-order valence-electron chi connectivity index (χ3n) is 2.66. The number of hydrogen-bond donors (Lipinski definition) is 1. The van der Waals surface area contributed by atoms with Crippen LogP contribution in [0.3, 0.4) is 0 Å². The third kappa shape index (κ3) is 1.02. The number of benzene rings is 1. The van der Waals surface area contributed by atoms with Crippen molar-refractivity contribution >= 4 is 21.8 Å². The van der Waals surface area contributed by atoms with Crippen LogP contribution in [-0.2, 0) is 7.05 Å². The summed E-state index contributed by atoms with van der Waals surface area (Å²) in [5.74, 6) is -0.385. The number of aryl methyl sites for hydroxylation is 1. The fourth-order valence-corrected chi connectivity index (χ4v) is 1.87. The Hall–Kier alpha value is -2.17. The normalized spacial score (nSPS) is 11.4. The summed E-state index contributed by atoms with van der Waals surface area (Å²) in [7, 11) is 1.62. The second-order valence-electron chi connectivity index (χ2n) is 3.66. The number of pyridine rings is 1. The first-order valence-electron chi connectivity index (χ1n) is 4.80. The molecule has 0 bridgehead atoms. The summed E-state index contributed by atoms with van der Waals surface area (Å²) in [5, 5.41) is 3.99. The molecular formula is C11H8FN3O. The van der Waals surface area contributed by atoms with E-state index in [2.05, 4.69) is 10.1 Å². The average molecular weight is 217 g/mol. The highest BCUT2D eigenvalue weighted by atomic mass is 19.1. The molecule has 0 saturated carbocycles. The van der Waals surface area contributed by atoms with Crippen molar-refractivity contribution < 1.29 is 4.39 Å². The molecule has 1 aromatic carbocycles. The topological polar surface area (TPSA) is 50.7 Å². The van der Waals surface area contributed by atoms with E-state index in [1.165, 1.54) is 16.9 Å². The van der Waals surface area contributed by atoms with Gasteiger partial charge in [0.05, 0.1) is 10.9 Å². The largest absolute Gasteiger partial charge is 0.294 e. The van der Waals surface area contributed by atoms with Gasteiger partial charge < -0.3 is 0 Å². The summed E-state index contributed by atoms with van der Waals surface area (Å²) in [6.45, 7) is 0. The number of nitrogens with zero attached hydrogens (tertiary/aromatic N) is 2. The monoisotopic (exact) mass is 217 g/mol. The Morgan fingerprint density at radius 3 is 3.00 bits per heavy atom. The highest BCUT2D eigenvalue weighted by Crippen LogP contribution is 2.21. The van der Waals surface area contributed by atoms with E-state index in [0.717, 1.165) is 0 Å². The molecule has 0 aliphatic carbocycles. The molecule has 2 aromatic heterocycles. The van der Waals surface area contributed by atoms with Gasteiger partial charge in [-0.3, -0.25) is 19.6 Å². The van der Waals surface area contributed by atoms with Crippen LogP contribution in [0.15, 0.2) is 29.2 Å². The number of nitrogens with one attached hydrogen (secondary N) is 1. The van der Waals surface area contributed by atoms with Crippen LogP contribution in [-0.4, -0.2) is 14.8 Å². The Labute approximate surface area is 89.3 Å². The van der Waals surface area contributed by atoms with Gasteiger partial charge in [-0.1, -0.05) is 12.1 Å². The zero-order valence-electron chi connectivity index (χ0n) is 8.49. The molecule has 0 saturated heterocycles. The zero-order valence-corrected chi connectivity index (χ0v) is 8.49. The molecule has 4 nitrogen and oxygen atoms in total. The summed E-state index contributed by atoms with van der Waals surface area (Å²) < 4.78 is 14.8. The zero-order chi connectivity index (χ0) is 11.3. The van der Waals surface area contributed by atoms with Crippen molar-refractivity contribution in [3.63, 3.8) is 0 Å². The molecule has 0 spiro atoms. The van der Waals surface area contributed by atoms with Crippen molar-refractivity contribution in [2.75, 3.05) is 0 Å². The maximum atomic E-state index is 13.5. The fraction of sp³-hybridized carbons (Fsp3) is 0.0909. The first kappa shape index (κ1) is 9.08. The molecular weight excluding hydrogens is 209 g/mol. The lowest BCUT2D eigenvalue weighted by molar-refractivity contribution is 0.637. The maximum absolute atomic E-state index is 13.5. The van der Waals surface area contributed by atoms with Crippen LogP contribution in [0.5, 0.6) is 0 Å². The van der Waals surface area contributed by atoms with E-state index in [4.69, 9.17) is 0 Å². The summed E-state index contributed by atoms with van der Waals surface area (Å²) in [5.41, 5.74) is 0.738. The summed E-state index contributed by atoms with van der Waals surface area (Å²) in [6.07, 6.45) is 1.40. The summed E-state index contributed by atoms with van der Waals surface area (Å²) in [6, 6.07) is 4.69. The molecule has 3 rings (SSSR count). The standard InChI is InChI=1S/C11H8FN3O/c1-15-11(16)7-5-13-10-6(9(7)14-15)3-2-4-8(10)12/h2-5,14H,1H3. The third-order valence-corrected chi connectivity index (χ3v) is 2.66. The number of aromatic nitrogens is 3. The van der Waals surface area contributed by atoms with Crippen LogP contribution >= 0.6 is 0 Å². The van der Waals surface area contributed by atoms with Crippen molar-refractivity contribution in [1.29, 1.82) is 0 Å². The van der Waals surface area contributed by atoms with Crippen LogP contribution in [0, 0.1) is 5.82 Å². The fourth-order valence-electron chi connectivity index (χ4n) is 1.87. The second-order valence-corrected chi connectivity index (χ2v) is 3.66. The van der Waals surface area contributed by atoms with E-state index in [1.54, 1.807) is 19.2 Å². The summed E-state index contributed by atoms with van der Waals surface area (Å²) >= 11 is 0. The van der Waals surface area contributed by atoms with Gasteiger partial charge in [-0.15, -0.1) is 0 Å². The smallest absolute Gasteiger partial charge is 0.275 e. The number of aromatic amines is 1. The van der Waals surface area contributed by atoms with Crippen LogP contribution in [0.25, 0.3) is 21.8 Å². The lowest BCUT2D eigenvalue weighted by Gasteiger charge is -1.98. The molecule has 2 heterocycles. The van der Waals surface area contributed by atoms with Crippen molar-refractivity contribution in [3.05, 3.63) is 40.6 Å². The van der Waals surface area contributed by atoms with E-state index in [1.807, 2.05) is 0 Å². The number of H-pyrrole nitrogens is 1. The SMILES string of the molecule is Cn1[nH]c2c(cnc3c(F)cccc32)c1=O. The van der Waals surface area contributed by atoms with Gasteiger partial charge in [0.1, 0.15) is 11.3 Å². The highest BCUT2D eigenvalue weighted by Gasteiger charge is 2.10. The Bertz CT molecular complexity index is 757. The van der Waals surface area contributed by atoms with Gasteiger partial charge in [0.2, 0.25) is 0 Å². The van der Waals surface area contributed by atoms with Crippen molar-refractivity contribution in [2.24, 2.45) is 7.05 Å². The maximum Gasteiger partial charge on any atom is 0.275 e. The molecule has 0 amide bonds. The molecule has 0 aliphatic rings. The molecule has 16 heavy (non-hydrogen) atoms. The van der Waals surface area contributed by atoms with Crippen LogP contribution in [0.2, 0.25) is 0 Å². The predicted octanol–water partition coefficient (Wildman–Crippen LogP) is 1.55. The average Bonchev–Trinajstić information content (AvgIpc) is 2.56. The summed E-state index contributed by atoms with van der Waals surface area (Å²) in [4.78, 5) is 15.6. The molecule has 0 atom stereocenters. The second kappa shape index (κ2) is 2.91. The van der Waals surface area contributed by atoms with Gasteiger partial charge in [-0.05, 0) is 6.07 Å². The van der Waals surface area contributed by atoms with Crippen molar-refractivity contribution in [1.82, 2.24) is 14.8 Å². The molecule has 80 valence electrons. The van der Waals surface area contributed by atoms with Gasteiger partial charge >= 0.3 is 0 Å². The van der Waals surface area contributed by atoms with Gasteiger partial charge in [0.15, 0.2) is 0 Å². The molecule has 5 heteroatoms. The lowest BCUT2D eigenvalue weighted by atomic mass is 10.1. The minimum atomic E-state index is -0.385. The minimum absolute atomic E-state index is 0.159. The van der Waals surface area contributed by atoms with Crippen LogP contribution in [0.1, 0.15) is 0 Å². The van der Waals surface area contributed by atoms with E-state index < -0.39 is 0 Å². The minimum Gasteiger partial charge on any atom is -0.294 e. The first-order chi connectivity index (χ1) is 7.68. The van der Waals surface area contributed by atoms with Gasteiger partial charge in [0, 0.05) is 18.6 Å². The van der Waals surface area contributed by atoms with E-state index in [0.29, 0.717) is 16.3 Å². The number of hydrogen-bond acceptors (Lipinski definition) is 2. The van der Waals surface area contributed by atoms with Crippen LogP contribution < -0.4 is 5.56 Å². The number of rotatable bonds is 0. The first-order valence-corrected chi connectivity index (χ1v) is 4.80. The van der Waals surface area contributed by atoms with Gasteiger partial charge in [-0.25, -0.2) is 4.39 Å². The van der Waals surface area contributed by atoms with Crippen molar-refractivity contribution in [3.8, 4) is 0 Å². The van der Waals surface area contributed by atoms with Crippen molar-refractivity contribution in [2.45, 2.75) is 0 Å². The molecule has 1 N–H and O–H groups in total. The molecule has 0 unspecified atom stereocenters. The number of para-hydroxylation sites is 1. The molecule has 0 aliphatic heterocycles. The molecule has 3 aromatic rings. The molecule has 0 radical (unpaired) electrons. The quantitative estimate of drug-likeness (QED) is 0.621. The lowest BCUT2D eigenvalue weighted by Crippen LogP contribution is -2.11. The van der Waals surface area contributed by atoms with Crippen LogP contribution in [0.4, 0.5) is 4.39 Å². The van der Waals surface area contributed by atoms with Gasteiger partial charge in [0.25, 0.3) is 5.56 Å². The van der Waals surface area contributed by atoms with Gasteiger partial charge in [-0.2, -0.15) is 0 Å². The Balaban J connectivity index is 2.65. The molecule has 0 fully saturated rings. The number of fused-ring (bicyclic) bond motifs is 3. The Kier molecular flexibility index (Phi) is 1.65. The van der Waals surface area contributed by atoms with E-state index in [9.17, 15) is 9.18 Å². The highest BCUT2D eigenvalue weighted by molar-refractivity contribution is 6.02. The van der Waals surface area contributed by atoms with E-state index in [-0.39, 0.29) is 16.9 Å². The number of halogens is 1. The predicted molar refractivity (Wildman–Crippen MR) is 58.8 cm³/mol.